The second kappa shape index (κ2) is 7.63. The van der Waals surface area contributed by atoms with Crippen molar-refractivity contribution in [2.45, 2.75) is 33.2 Å². The van der Waals surface area contributed by atoms with E-state index in [1.807, 2.05) is 18.7 Å². The molecule has 1 aromatic rings. The van der Waals surface area contributed by atoms with Crippen LogP contribution in [0.1, 0.15) is 21.3 Å². The fourth-order valence-electron chi connectivity index (χ4n) is 2.80. The average molecular weight is 344 g/mol. The molecule has 3 rings (SSSR count). The van der Waals surface area contributed by atoms with Gasteiger partial charge in [0.05, 0.1) is 12.3 Å². The number of nitrogens with zero attached hydrogens (tertiary/aromatic N) is 1. The van der Waals surface area contributed by atoms with Crippen molar-refractivity contribution in [1.29, 1.82) is 0 Å². The Hall–Kier alpha value is -1.44. The van der Waals surface area contributed by atoms with Gasteiger partial charge in [0.2, 0.25) is 0 Å². The van der Waals surface area contributed by atoms with Crippen LogP contribution in [0.25, 0.3) is 0 Å². The molecule has 1 atom stereocenters. The molecule has 1 aromatic carbocycles. The van der Waals surface area contributed by atoms with Crippen LogP contribution in [0.15, 0.2) is 12.1 Å². The third-order valence-corrected chi connectivity index (χ3v) is 3.95. The lowest BCUT2D eigenvalue weighted by Crippen LogP contribution is -2.43. The zero-order valence-corrected chi connectivity index (χ0v) is 13.4. The molecular formula is C17H26F2N2O3. The van der Waals surface area contributed by atoms with Crippen LogP contribution < -0.4 is 15.0 Å². The lowest BCUT2D eigenvalue weighted by molar-refractivity contribution is -0.141. The van der Waals surface area contributed by atoms with Gasteiger partial charge in [-0.1, -0.05) is 7.43 Å². The van der Waals surface area contributed by atoms with E-state index in [-0.39, 0.29) is 25.9 Å². The minimum absolute atomic E-state index is 0. The highest BCUT2D eigenvalue weighted by atomic mass is 19.1. The Labute approximate surface area is 141 Å². The highest BCUT2D eigenvalue weighted by Gasteiger charge is 2.33. The first-order valence-corrected chi connectivity index (χ1v) is 7.84. The molecule has 2 aliphatic heterocycles. The highest BCUT2D eigenvalue weighted by molar-refractivity contribution is 5.53. The summed E-state index contributed by atoms with van der Waals surface area (Å²) in [4.78, 5) is 1.89. The zero-order valence-electron chi connectivity index (χ0n) is 13.4. The van der Waals surface area contributed by atoms with Gasteiger partial charge in [0, 0.05) is 38.3 Å². The molecule has 0 aliphatic carbocycles. The number of halogens is 2. The van der Waals surface area contributed by atoms with E-state index in [1.54, 1.807) is 0 Å². The third-order valence-electron chi connectivity index (χ3n) is 3.95. The van der Waals surface area contributed by atoms with E-state index in [4.69, 9.17) is 14.2 Å². The summed E-state index contributed by atoms with van der Waals surface area (Å²) in [5, 5.41) is 3.20. The number of benzene rings is 1. The van der Waals surface area contributed by atoms with E-state index in [0.29, 0.717) is 25.4 Å². The Morgan fingerprint density at radius 1 is 1.25 bits per heavy atom. The molecule has 0 radical (unpaired) electrons. The predicted molar refractivity (Wildman–Crippen MR) is 88.6 cm³/mol. The maximum atomic E-state index is 14.1. The maximum Gasteiger partial charge on any atom is 0.168 e. The van der Waals surface area contributed by atoms with Gasteiger partial charge in [0.1, 0.15) is 18.5 Å². The second-order valence-electron chi connectivity index (χ2n) is 6.23. The molecule has 2 saturated heterocycles. The Morgan fingerprint density at radius 3 is 2.58 bits per heavy atom. The Kier molecular flexibility index (Phi) is 6.01. The van der Waals surface area contributed by atoms with Crippen molar-refractivity contribution in [2.24, 2.45) is 0 Å². The van der Waals surface area contributed by atoms with E-state index in [1.165, 1.54) is 6.07 Å². The first-order chi connectivity index (χ1) is 10.9. The monoisotopic (exact) mass is 344 g/mol. The van der Waals surface area contributed by atoms with Gasteiger partial charge in [-0.3, -0.25) is 0 Å². The van der Waals surface area contributed by atoms with Crippen LogP contribution in [0, 0.1) is 11.6 Å². The molecule has 1 unspecified atom stereocenters. The average Bonchev–Trinajstić information content (AvgIpc) is 2.86. The number of hydrogen-bond acceptors (Lipinski definition) is 5. The van der Waals surface area contributed by atoms with Crippen molar-refractivity contribution in [3.63, 3.8) is 0 Å². The summed E-state index contributed by atoms with van der Waals surface area (Å²) >= 11 is 0. The van der Waals surface area contributed by atoms with Crippen LogP contribution in [0.5, 0.6) is 5.75 Å². The molecule has 2 aliphatic rings. The molecule has 2 heterocycles. The first-order valence-electron chi connectivity index (χ1n) is 7.84. The van der Waals surface area contributed by atoms with Crippen molar-refractivity contribution in [1.82, 2.24) is 5.32 Å². The van der Waals surface area contributed by atoms with Gasteiger partial charge >= 0.3 is 0 Å². The van der Waals surface area contributed by atoms with E-state index < -0.39 is 17.4 Å². The van der Waals surface area contributed by atoms with Crippen molar-refractivity contribution >= 4 is 5.69 Å². The molecule has 0 spiro atoms. The van der Waals surface area contributed by atoms with Gasteiger partial charge in [-0.05, 0) is 13.8 Å². The molecule has 24 heavy (non-hydrogen) atoms. The van der Waals surface area contributed by atoms with Gasteiger partial charge in [-0.15, -0.1) is 0 Å². The summed E-state index contributed by atoms with van der Waals surface area (Å²) in [6, 6.07) is 2.31. The Balaban J connectivity index is 0.00000208. The van der Waals surface area contributed by atoms with E-state index in [9.17, 15) is 8.78 Å². The number of piperazine rings is 1. The van der Waals surface area contributed by atoms with Crippen molar-refractivity contribution in [3.05, 3.63) is 23.8 Å². The number of nitrogens with one attached hydrogen (secondary N) is 1. The Bertz CT molecular complexity index is 563. The van der Waals surface area contributed by atoms with E-state index in [0.717, 1.165) is 19.2 Å². The van der Waals surface area contributed by atoms with Crippen LogP contribution in [0.3, 0.4) is 0 Å². The van der Waals surface area contributed by atoms with Crippen molar-refractivity contribution < 1.29 is 23.0 Å². The SMILES string of the molecule is C.CC1(C)OCC(COc2cc(N3CCNCC3)c(F)cc2F)O1. The van der Waals surface area contributed by atoms with E-state index in [2.05, 4.69) is 5.32 Å². The third kappa shape index (κ3) is 4.34. The maximum absolute atomic E-state index is 14.1. The van der Waals surface area contributed by atoms with Gasteiger partial charge in [-0.2, -0.15) is 0 Å². The van der Waals surface area contributed by atoms with Crippen LogP contribution in [0.2, 0.25) is 0 Å². The molecule has 136 valence electrons. The van der Waals surface area contributed by atoms with Gasteiger partial charge in [-0.25, -0.2) is 8.78 Å². The van der Waals surface area contributed by atoms with Crippen molar-refractivity contribution in [2.75, 3.05) is 44.3 Å². The summed E-state index contributed by atoms with van der Waals surface area (Å²) in [6.07, 6.45) is -0.267. The fraction of sp³-hybridized carbons (Fsp3) is 0.647. The molecule has 5 nitrogen and oxygen atoms in total. The van der Waals surface area contributed by atoms with Crippen LogP contribution >= 0.6 is 0 Å². The van der Waals surface area contributed by atoms with Crippen LogP contribution in [-0.2, 0) is 9.47 Å². The second-order valence-corrected chi connectivity index (χ2v) is 6.23. The molecule has 0 saturated carbocycles. The topological polar surface area (TPSA) is 43.0 Å². The Morgan fingerprint density at radius 2 is 1.96 bits per heavy atom. The number of hydrogen-bond donors (Lipinski definition) is 1. The molecule has 0 amide bonds. The predicted octanol–water partition coefficient (Wildman–Crippen LogP) is 2.54. The zero-order chi connectivity index (χ0) is 16.4. The fourth-order valence-corrected chi connectivity index (χ4v) is 2.80. The first kappa shape index (κ1) is 18.9. The largest absolute Gasteiger partial charge is 0.488 e. The number of rotatable bonds is 4. The van der Waals surface area contributed by atoms with Gasteiger partial charge in [0.15, 0.2) is 17.4 Å². The summed E-state index contributed by atoms with van der Waals surface area (Å²) in [5.41, 5.74) is 0.367. The van der Waals surface area contributed by atoms with Gasteiger partial charge < -0.3 is 24.4 Å². The minimum Gasteiger partial charge on any atom is -0.488 e. The standard InChI is InChI=1S/C16H22F2N2O3.CH4/c1-16(2)22-10-11(23-16)9-21-15-8-14(12(17)7-13(15)18)20-5-3-19-4-6-20;/h7-8,11,19H,3-6,9-10H2,1-2H3;1H4. The highest BCUT2D eigenvalue weighted by Crippen LogP contribution is 2.29. The van der Waals surface area contributed by atoms with Crippen LogP contribution in [-0.4, -0.2) is 51.3 Å². The summed E-state index contributed by atoms with van der Waals surface area (Å²) in [6.45, 7) is 7.07. The van der Waals surface area contributed by atoms with Crippen molar-refractivity contribution in [3.8, 4) is 5.75 Å². The minimum atomic E-state index is -0.709. The number of ether oxygens (including phenoxy) is 3. The quantitative estimate of drug-likeness (QED) is 0.909. The smallest absolute Gasteiger partial charge is 0.168 e. The summed E-state index contributed by atoms with van der Waals surface area (Å²) in [5.74, 6) is -1.90. The normalized spacial score (nSPS) is 23.0. The number of anilines is 1. The summed E-state index contributed by atoms with van der Waals surface area (Å²) < 4.78 is 44.6. The van der Waals surface area contributed by atoms with Gasteiger partial charge in [0.25, 0.3) is 0 Å². The molecule has 7 heteroatoms. The molecule has 0 bridgehead atoms. The molecule has 2 fully saturated rings. The van der Waals surface area contributed by atoms with Crippen LogP contribution in [0.4, 0.5) is 14.5 Å². The molecule has 1 N–H and O–H groups in total. The lowest BCUT2D eigenvalue weighted by Gasteiger charge is -2.30. The summed E-state index contributed by atoms with van der Waals surface area (Å²) in [7, 11) is 0. The molecular weight excluding hydrogens is 318 g/mol. The lowest BCUT2D eigenvalue weighted by atomic mass is 10.2. The van der Waals surface area contributed by atoms with E-state index >= 15 is 0 Å². The molecule has 0 aromatic heterocycles.